The lowest BCUT2D eigenvalue weighted by Crippen LogP contribution is -2.17. The molecule has 0 unspecified atom stereocenters. The van der Waals surface area contributed by atoms with Gasteiger partial charge in [-0.2, -0.15) is 0 Å². The molecule has 0 fully saturated rings. The molecule has 0 bridgehead atoms. The minimum atomic E-state index is -0.276. The zero-order chi connectivity index (χ0) is 98.3. The third kappa shape index (κ3) is 15.0. The summed E-state index contributed by atoms with van der Waals surface area (Å²) in [5.41, 5.74) is 38.2. The number of thiophene rings is 3. The van der Waals surface area contributed by atoms with Crippen LogP contribution < -0.4 is 0 Å². The Morgan fingerprint density at radius 1 is 0.211 bits per heavy atom. The summed E-state index contributed by atoms with van der Waals surface area (Å²) in [6.45, 7) is 13.8. The Labute approximate surface area is 863 Å². The van der Waals surface area contributed by atoms with Gasteiger partial charge in [0.2, 0.25) is 0 Å². The molecule has 17 aromatic carbocycles. The maximum atomic E-state index is 5.47. The van der Waals surface area contributed by atoms with Gasteiger partial charge < -0.3 is 0 Å². The van der Waals surface area contributed by atoms with E-state index in [1.165, 1.54) is 144 Å². The van der Waals surface area contributed by atoms with Crippen LogP contribution in [-0.2, 0) is 16.2 Å². The van der Waals surface area contributed by atoms with Gasteiger partial charge in [-0.25, -0.2) is 34.9 Å². The lowest BCUT2D eigenvalue weighted by molar-refractivity contribution is 0.657. The minimum Gasteiger partial charge on any atom is -0.292 e. The third-order valence-corrected chi connectivity index (χ3v) is 33.6. The number of imidazole rings is 1. The van der Waals surface area contributed by atoms with Gasteiger partial charge in [0.05, 0.1) is 45.2 Å². The Morgan fingerprint density at radius 3 is 0.973 bits per heavy atom. The van der Waals surface area contributed by atoms with Crippen LogP contribution in [0.3, 0.4) is 0 Å². The first-order chi connectivity index (χ1) is 72.1. The quantitative estimate of drug-likeness (QED) is 0.111. The third-order valence-electron chi connectivity index (χ3n) is 29.9. The summed E-state index contributed by atoms with van der Waals surface area (Å²) in [6, 6.07) is 151. The van der Waals surface area contributed by atoms with Crippen molar-refractivity contribution >= 4 is 106 Å². The molecule has 0 spiro atoms. The first-order valence-electron chi connectivity index (χ1n) is 49.9. The standard InChI is InChI=1S/C50H34N4S.2C42H29N3S/c1-50(2)40-22-8-6-19-39(40)46-44(50)45(34-15-12-14-33(30-34)36-20-13-21-38-37-18-7-11-25-43(37)55-47(36)38)52-48(53-46)31-26-28-32(29-27-31)49-51-41-23-9-10-24-42(41)54(49)35-16-4-3-5-17-35;1-42(2)35-20-5-3-17-34(35)39-37(42)38(44-41(45-39)29-14-7-11-26(23-29)30-15-10-22-43-25-30)28-13-8-12-27(24-28)31-18-9-19-33-32-16-4-6-21-36(32)46-40(31)33;1-42(2)35-18-5-3-15-34(35)39-37(42)38(44-41(45-39)30-13-7-10-27(24-30)26-20-22-43-23-21-26)29-12-8-11-28(25-29)31-16-9-17-33-32-14-4-6-19-36(32)46-40(31)33/h3-30H,1-2H3;2*3-25H,1-2H3. The van der Waals surface area contributed by atoms with E-state index in [1.807, 2.05) is 82.9 Å². The van der Waals surface area contributed by atoms with Gasteiger partial charge in [0, 0.05) is 185 Å². The van der Waals surface area contributed by atoms with Gasteiger partial charge in [-0.05, 0) is 158 Å². The van der Waals surface area contributed by atoms with Crippen LogP contribution in [-0.4, -0.2) is 49.4 Å². The fourth-order valence-electron chi connectivity index (χ4n) is 22.9. The monoisotopic (exact) mass is 1940 g/mol. The summed E-state index contributed by atoms with van der Waals surface area (Å²) in [5.74, 6) is 3.07. The van der Waals surface area contributed by atoms with Crippen molar-refractivity contribution in [2.24, 2.45) is 0 Å². The molecule has 696 valence electrons. The first kappa shape index (κ1) is 88.4. The second-order valence-electron chi connectivity index (χ2n) is 39.8. The number of aromatic nitrogens is 10. The summed E-state index contributed by atoms with van der Waals surface area (Å²) < 4.78 is 10.1. The Kier molecular flexibility index (Phi) is 21.3. The fraction of sp³-hybridized carbons (Fsp3) is 0.0672. The molecule has 0 saturated carbocycles. The molecule has 0 atom stereocenters. The molecule has 0 amide bonds. The van der Waals surface area contributed by atoms with Crippen LogP contribution in [0.25, 0.3) is 246 Å². The van der Waals surface area contributed by atoms with Gasteiger partial charge in [0.1, 0.15) is 5.82 Å². The van der Waals surface area contributed by atoms with Crippen molar-refractivity contribution in [3.8, 4) is 174 Å². The predicted molar refractivity (Wildman–Crippen MR) is 613 cm³/mol. The van der Waals surface area contributed by atoms with Crippen LogP contribution in [0.5, 0.6) is 0 Å². The summed E-state index contributed by atoms with van der Waals surface area (Å²) in [5, 5.41) is 7.84. The van der Waals surface area contributed by atoms with E-state index >= 15 is 0 Å². The fourth-order valence-corrected chi connectivity index (χ4v) is 26.6. The molecule has 0 aliphatic heterocycles. The highest BCUT2D eigenvalue weighted by Gasteiger charge is 2.44. The zero-order valence-corrected chi connectivity index (χ0v) is 83.9. The second kappa shape index (κ2) is 35.5. The molecule has 0 saturated heterocycles. The van der Waals surface area contributed by atoms with E-state index in [9.17, 15) is 0 Å². The first-order valence-corrected chi connectivity index (χ1v) is 52.4. The number of nitrogens with zero attached hydrogens (tertiary/aromatic N) is 10. The predicted octanol–water partition coefficient (Wildman–Crippen LogP) is 35.6. The van der Waals surface area contributed by atoms with Crippen molar-refractivity contribution < 1.29 is 0 Å². The number of pyridine rings is 2. The highest BCUT2D eigenvalue weighted by atomic mass is 32.1. The number of fused-ring (bicyclic) bond motifs is 19. The number of hydrogen-bond donors (Lipinski definition) is 0. The summed E-state index contributed by atoms with van der Waals surface area (Å²) in [7, 11) is 0. The molecule has 29 rings (SSSR count). The molecule has 147 heavy (non-hydrogen) atoms. The van der Waals surface area contributed by atoms with Gasteiger partial charge in [-0.1, -0.05) is 375 Å². The molecule has 26 aromatic rings. The van der Waals surface area contributed by atoms with E-state index in [0.29, 0.717) is 5.82 Å². The van der Waals surface area contributed by atoms with E-state index in [4.69, 9.17) is 34.9 Å². The van der Waals surface area contributed by atoms with Crippen molar-refractivity contribution in [3.63, 3.8) is 0 Å². The Hall–Kier alpha value is -17.6. The van der Waals surface area contributed by atoms with Crippen LogP contribution in [0.4, 0.5) is 0 Å². The average molecular weight is 1940 g/mol. The average Bonchev–Trinajstić information content (AvgIpc) is 1.56. The van der Waals surface area contributed by atoms with Crippen molar-refractivity contribution in [2.75, 3.05) is 0 Å². The lowest BCUT2D eigenvalue weighted by atomic mass is 9.80. The number of para-hydroxylation sites is 3. The van der Waals surface area contributed by atoms with Crippen LogP contribution >= 0.6 is 34.0 Å². The Bertz CT molecular complexity index is 9450. The maximum Gasteiger partial charge on any atom is 0.160 e. The SMILES string of the molecule is CC1(C)c2ccccc2-c2nc(-c3ccc(-c4nc5ccccc5n4-c4ccccc4)cc3)nc(-c3cccc(-c4cccc5c4sc4ccccc45)c3)c21.CC1(C)c2ccccc2-c2nc(-c3cccc(-c4cccnc4)c3)nc(-c3cccc(-c4cccc5c4sc4ccccc45)c3)c21.CC1(C)c2ccccc2-c2nc(-c3cccc(-c4ccncc4)c3)nc(-c3cccc(-c4cccc5c4sc4ccccc45)c3)c21. The Balaban J connectivity index is 0.000000110. The van der Waals surface area contributed by atoms with E-state index in [2.05, 4.69) is 450 Å². The smallest absolute Gasteiger partial charge is 0.160 e. The largest absolute Gasteiger partial charge is 0.292 e. The molecule has 0 N–H and O–H groups in total. The molecule has 3 aliphatic carbocycles. The van der Waals surface area contributed by atoms with Crippen molar-refractivity contribution in [2.45, 2.75) is 57.8 Å². The normalized spacial score (nSPS) is 13.1. The number of benzene rings is 17. The van der Waals surface area contributed by atoms with Gasteiger partial charge in [-0.3, -0.25) is 14.5 Å². The number of rotatable bonds is 13. The molecule has 3 aliphatic rings. The summed E-state index contributed by atoms with van der Waals surface area (Å²) in [4.78, 5) is 45.9. The minimum absolute atomic E-state index is 0.250. The summed E-state index contributed by atoms with van der Waals surface area (Å²) >= 11 is 5.60. The van der Waals surface area contributed by atoms with Crippen molar-refractivity contribution in [3.05, 3.63) is 483 Å². The second-order valence-corrected chi connectivity index (χ2v) is 42.9. The van der Waals surface area contributed by atoms with Crippen LogP contribution in [0, 0.1) is 0 Å². The molecule has 13 heteroatoms. The van der Waals surface area contributed by atoms with E-state index < -0.39 is 0 Å². The maximum absolute atomic E-state index is 5.47. The molecule has 0 radical (unpaired) electrons. The van der Waals surface area contributed by atoms with Gasteiger partial charge >= 0.3 is 0 Å². The molecule has 9 aromatic heterocycles. The van der Waals surface area contributed by atoms with Crippen molar-refractivity contribution in [1.29, 1.82) is 0 Å². The van der Waals surface area contributed by atoms with E-state index in [-0.39, 0.29) is 16.2 Å². The van der Waals surface area contributed by atoms with Crippen LogP contribution in [0.15, 0.2) is 449 Å². The van der Waals surface area contributed by atoms with E-state index in [1.54, 1.807) is 6.20 Å². The molecule has 9 heterocycles. The summed E-state index contributed by atoms with van der Waals surface area (Å²) in [6.07, 6.45) is 7.36. The molecule has 10 nitrogen and oxygen atoms in total. The highest BCUT2D eigenvalue weighted by molar-refractivity contribution is 7.27. The van der Waals surface area contributed by atoms with Crippen molar-refractivity contribution in [1.82, 2.24) is 49.4 Å². The van der Waals surface area contributed by atoms with Crippen LogP contribution in [0.2, 0.25) is 0 Å². The van der Waals surface area contributed by atoms with Gasteiger partial charge in [-0.15, -0.1) is 34.0 Å². The lowest BCUT2D eigenvalue weighted by Gasteiger charge is -2.24. The highest BCUT2D eigenvalue weighted by Crippen LogP contribution is 2.57. The van der Waals surface area contributed by atoms with E-state index in [0.717, 1.165) is 130 Å². The van der Waals surface area contributed by atoms with Gasteiger partial charge in [0.25, 0.3) is 0 Å². The molecular formula is C134H92N10S3. The topological polar surface area (TPSA) is 121 Å². The zero-order valence-electron chi connectivity index (χ0n) is 81.4. The van der Waals surface area contributed by atoms with Crippen LogP contribution in [0.1, 0.15) is 74.9 Å². The molecular weight excluding hydrogens is 1850 g/mol. The van der Waals surface area contributed by atoms with Gasteiger partial charge in [0.15, 0.2) is 17.5 Å². The Morgan fingerprint density at radius 2 is 0.537 bits per heavy atom. The number of hydrogen-bond acceptors (Lipinski definition) is 12.